The minimum absolute atomic E-state index is 0.0114. The van der Waals surface area contributed by atoms with Gasteiger partial charge in [0.2, 0.25) is 0 Å². The van der Waals surface area contributed by atoms with E-state index >= 15 is 0 Å². The number of piperidine rings is 2. The Kier molecular flexibility index (Phi) is 11.8. The normalized spacial score (nSPS) is 22.3. The zero-order valence-electron chi connectivity index (χ0n) is 37.0. The minimum atomic E-state index is -4.58. The van der Waals surface area contributed by atoms with Gasteiger partial charge in [0.15, 0.2) is 12.4 Å². The number of anilines is 1. The zero-order valence-corrected chi connectivity index (χ0v) is 37.0. The van der Waals surface area contributed by atoms with E-state index in [0.717, 1.165) is 125 Å². The van der Waals surface area contributed by atoms with Gasteiger partial charge in [0.05, 0.1) is 19.3 Å². The summed E-state index contributed by atoms with van der Waals surface area (Å²) >= 11 is 0. The predicted molar refractivity (Wildman–Crippen MR) is 233 cm³/mol. The number of likely N-dealkylation sites (tertiary alicyclic amines) is 2. The maximum Gasteiger partial charge on any atom is 0.422 e. The fraction of sp³-hybridized carbons (Fsp3) is 0.660. The van der Waals surface area contributed by atoms with Crippen LogP contribution in [0.2, 0.25) is 0 Å². The highest BCUT2D eigenvalue weighted by atomic mass is 19.4. The third-order valence-electron chi connectivity index (χ3n) is 13.7. The average molecular weight is 862 g/mol. The third-order valence-corrected chi connectivity index (χ3v) is 13.7. The van der Waals surface area contributed by atoms with E-state index in [4.69, 9.17) is 33.9 Å². The lowest BCUT2D eigenvalue weighted by atomic mass is 9.72. The Morgan fingerprint density at radius 2 is 1.60 bits per heavy atom. The quantitative estimate of drug-likeness (QED) is 0.187. The smallest absolute Gasteiger partial charge is 0.422 e. The van der Waals surface area contributed by atoms with E-state index < -0.39 is 18.4 Å². The second kappa shape index (κ2) is 17.1. The molecule has 5 fully saturated rings. The topological polar surface area (TPSA) is 105 Å². The first-order valence-corrected chi connectivity index (χ1v) is 22.8. The molecule has 12 nitrogen and oxygen atoms in total. The summed E-state index contributed by atoms with van der Waals surface area (Å²) in [6.45, 7) is 18.1. The molecule has 0 radical (unpaired) electrons. The molecule has 9 rings (SSSR count). The van der Waals surface area contributed by atoms with Gasteiger partial charge in [-0.25, -0.2) is 4.79 Å². The molecule has 4 saturated heterocycles. The number of alkyl halides is 3. The molecule has 1 atom stereocenters. The summed E-state index contributed by atoms with van der Waals surface area (Å²) < 4.78 is 66.9. The van der Waals surface area contributed by atoms with Crippen molar-refractivity contribution in [1.82, 2.24) is 24.7 Å². The Balaban J connectivity index is 1.08. The van der Waals surface area contributed by atoms with Crippen LogP contribution in [-0.2, 0) is 9.47 Å². The fourth-order valence-electron chi connectivity index (χ4n) is 10.1. The highest BCUT2D eigenvalue weighted by Gasteiger charge is 2.48. The molecular formula is C47H62F3N7O5. The number of carbonyl (C=O) groups is 1. The molecule has 1 amide bonds. The van der Waals surface area contributed by atoms with Crippen molar-refractivity contribution in [3.63, 3.8) is 0 Å². The van der Waals surface area contributed by atoms with Gasteiger partial charge in [-0.1, -0.05) is 19.1 Å². The number of ether oxygens (including phenoxy) is 4. The van der Waals surface area contributed by atoms with Crippen LogP contribution in [-0.4, -0.2) is 140 Å². The van der Waals surface area contributed by atoms with Gasteiger partial charge in [-0.05, 0) is 107 Å². The number of morpholine rings is 1. The molecule has 3 aromatic rings. The van der Waals surface area contributed by atoms with Gasteiger partial charge >= 0.3 is 18.3 Å². The number of hydrogen-bond acceptors (Lipinski definition) is 11. The van der Waals surface area contributed by atoms with Crippen molar-refractivity contribution in [2.24, 2.45) is 10.4 Å². The standard InChI is InChI=1S/C47H62F3N7O5/c1-6-37-33-10-7-30(2)38(36(33)26-51-37)39-34(31-8-9-31)25-35-40(41(39)60-29-47(48,49)50)52-43(61-32-11-15-54(16-12-32)19-20-55-21-23-59-24-22-55)53-42(35)56-17-13-46(14-18-56)27-57(28-46)44(58)62-45(3,4)5/h7,10,25-26,31-32,37H,6,8-9,11-24,27-29H2,1-5H3. The number of rotatable bonds is 11. The van der Waals surface area contributed by atoms with E-state index in [-0.39, 0.29) is 41.3 Å². The molecule has 6 heterocycles. The second-order valence-electron chi connectivity index (χ2n) is 19.5. The monoisotopic (exact) mass is 861 g/mol. The number of halogens is 3. The van der Waals surface area contributed by atoms with Crippen LogP contribution in [0.15, 0.2) is 23.2 Å². The van der Waals surface area contributed by atoms with Crippen LogP contribution in [0, 0.1) is 12.3 Å². The zero-order chi connectivity index (χ0) is 43.4. The summed E-state index contributed by atoms with van der Waals surface area (Å²) in [5.74, 6) is 0.936. The lowest BCUT2D eigenvalue weighted by molar-refractivity contribution is -0.153. The first-order valence-electron chi connectivity index (χ1n) is 22.8. The Morgan fingerprint density at radius 3 is 2.24 bits per heavy atom. The second-order valence-corrected chi connectivity index (χ2v) is 19.5. The van der Waals surface area contributed by atoms with E-state index in [0.29, 0.717) is 48.5 Å². The van der Waals surface area contributed by atoms with E-state index in [1.165, 1.54) is 0 Å². The maximum atomic E-state index is 14.3. The van der Waals surface area contributed by atoms with Crippen LogP contribution in [0.4, 0.5) is 23.8 Å². The van der Waals surface area contributed by atoms with Crippen LogP contribution in [0.1, 0.15) is 107 Å². The van der Waals surface area contributed by atoms with Crippen molar-refractivity contribution in [3.8, 4) is 22.9 Å². The molecule has 2 aromatic carbocycles. The van der Waals surface area contributed by atoms with Crippen molar-refractivity contribution >= 4 is 29.0 Å². The summed E-state index contributed by atoms with van der Waals surface area (Å²) in [6.07, 6.45) is 2.78. The number of nitrogens with zero attached hydrogens (tertiary/aromatic N) is 7. The van der Waals surface area contributed by atoms with Crippen LogP contribution in [0.3, 0.4) is 0 Å². The van der Waals surface area contributed by atoms with Crippen LogP contribution in [0.5, 0.6) is 11.8 Å². The first kappa shape index (κ1) is 43.1. The SMILES string of the molecule is CCC1N=Cc2c1ccc(C)c2-c1c(C2CC2)cc2c(N3CCC4(CC3)CN(C(=O)OC(C)(C)C)C4)nc(OC3CCN(CCN4CCOCC4)CC3)nc2c1OCC(F)(F)F. The Morgan fingerprint density at radius 1 is 0.903 bits per heavy atom. The van der Waals surface area contributed by atoms with E-state index in [1.54, 1.807) is 4.90 Å². The molecule has 5 aliphatic heterocycles. The van der Waals surface area contributed by atoms with Gasteiger partial charge in [0.1, 0.15) is 23.0 Å². The molecule has 0 bridgehead atoms. The third kappa shape index (κ3) is 9.22. The van der Waals surface area contributed by atoms with Gasteiger partial charge in [-0.3, -0.25) is 9.89 Å². The summed E-state index contributed by atoms with van der Waals surface area (Å²) in [4.78, 5) is 36.8. The van der Waals surface area contributed by atoms with Gasteiger partial charge in [0.25, 0.3) is 0 Å². The molecule has 1 unspecified atom stereocenters. The minimum Gasteiger partial charge on any atom is -0.481 e. The molecule has 1 aromatic heterocycles. The Bertz CT molecular complexity index is 2160. The summed E-state index contributed by atoms with van der Waals surface area (Å²) in [6, 6.07) is 6.43. The summed E-state index contributed by atoms with van der Waals surface area (Å²) in [5, 5.41) is 0.670. The number of aromatic nitrogens is 2. The lowest BCUT2D eigenvalue weighted by Gasteiger charge is -2.53. The number of benzene rings is 2. The maximum absolute atomic E-state index is 14.3. The van der Waals surface area contributed by atoms with Gasteiger partial charge < -0.3 is 33.6 Å². The largest absolute Gasteiger partial charge is 0.481 e. The number of aliphatic imine (C=N–C) groups is 1. The molecule has 1 saturated carbocycles. The number of aryl methyl sites for hydroxylation is 1. The van der Waals surface area contributed by atoms with Crippen LogP contribution < -0.4 is 14.4 Å². The van der Waals surface area contributed by atoms with Crippen molar-refractivity contribution in [1.29, 1.82) is 0 Å². The molecule has 0 N–H and O–H groups in total. The average Bonchev–Trinajstić information content (AvgIpc) is 3.99. The number of carbonyl (C=O) groups excluding carboxylic acids is 1. The molecule has 1 aliphatic carbocycles. The van der Waals surface area contributed by atoms with E-state index in [9.17, 15) is 18.0 Å². The van der Waals surface area contributed by atoms with Crippen LogP contribution >= 0.6 is 0 Å². The highest BCUT2D eigenvalue weighted by Crippen LogP contribution is 2.54. The molecule has 15 heteroatoms. The predicted octanol–water partition coefficient (Wildman–Crippen LogP) is 8.32. The van der Waals surface area contributed by atoms with Gasteiger partial charge in [-0.15, -0.1) is 0 Å². The van der Waals surface area contributed by atoms with Gasteiger partial charge in [0, 0.05) is 93.6 Å². The fourth-order valence-corrected chi connectivity index (χ4v) is 10.1. The number of hydrogen-bond donors (Lipinski definition) is 0. The van der Waals surface area contributed by atoms with E-state index in [2.05, 4.69) is 39.8 Å². The molecule has 62 heavy (non-hydrogen) atoms. The van der Waals surface area contributed by atoms with Gasteiger partial charge in [-0.2, -0.15) is 23.1 Å². The van der Waals surface area contributed by atoms with Crippen molar-refractivity contribution < 1.29 is 36.9 Å². The van der Waals surface area contributed by atoms with Crippen molar-refractivity contribution in [2.75, 3.05) is 90.2 Å². The first-order chi connectivity index (χ1) is 29.7. The van der Waals surface area contributed by atoms with E-state index in [1.807, 2.05) is 33.9 Å². The summed E-state index contributed by atoms with van der Waals surface area (Å²) in [5.41, 5.74) is 5.17. The molecule has 1 spiro atoms. The highest BCUT2D eigenvalue weighted by molar-refractivity contribution is 6.05. The number of fused-ring (bicyclic) bond motifs is 2. The lowest BCUT2D eigenvalue weighted by Crippen LogP contribution is -2.62. The Hall–Kier alpha value is -4.21. The molecule has 6 aliphatic rings. The van der Waals surface area contributed by atoms with Crippen molar-refractivity contribution in [2.45, 2.75) is 109 Å². The summed E-state index contributed by atoms with van der Waals surface area (Å²) in [7, 11) is 0. The van der Waals surface area contributed by atoms with Crippen molar-refractivity contribution in [3.05, 3.63) is 40.5 Å². The number of amides is 1. The van der Waals surface area contributed by atoms with Crippen LogP contribution in [0.25, 0.3) is 22.0 Å². The molecule has 336 valence electrons. The molecular weight excluding hydrogens is 800 g/mol. The Labute approximate surface area is 363 Å².